The molecule has 0 amide bonds. The molecule has 94 valence electrons. The third-order valence-electron chi connectivity index (χ3n) is 2.65. The van der Waals surface area contributed by atoms with Crippen LogP contribution < -0.4 is 11.1 Å². The molecule has 1 aromatic heterocycles. The highest BCUT2D eigenvalue weighted by Gasteiger charge is 2.07. The van der Waals surface area contributed by atoms with Crippen molar-refractivity contribution in [2.75, 3.05) is 5.32 Å². The normalized spacial score (nSPS) is 10.3. The van der Waals surface area contributed by atoms with E-state index in [-0.39, 0.29) is 10.8 Å². The van der Waals surface area contributed by atoms with Gasteiger partial charge >= 0.3 is 0 Å². The second kappa shape index (κ2) is 5.46. The quantitative estimate of drug-likeness (QED) is 0.843. The summed E-state index contributed by atoms with van der Waals surface area (Å²) in [5.74, 6) is -0.337. The molecule has 0 saturated heterocycles. The number of hydrogen-bond donors (Lipinski definition) is 2. The van der Waals surface area contributed by atoms with Gasteiger partial charge in [0.15, 0.2) is 0 Å². The van der Waals surface area contributed by atoms with Crippen LogP contribution in [0.4, 0.5) is 10.1 Å². The van der Waals surface area contributed by atoms with Gasteiger partial charge in [0.1, 0.15) is 10.8 Å². The molecular formula is C13H13FN2S2. The van der Waals surface area contributed by atoms with Crippen LogP contribution in [0.5, 0.6) is 0 Å². The molecule has 1 heterocycles. The number of hydrogen-bond acceptors (Lipinski definition) is 3. The first-order valence-corrected chi connectivity index (χ1v) is 6.73. The largest absolute Gasteiger partial charge is 0.389 e. The third-order valence-corrected chi connectivity index (χ3v) is 3.90. The van der Waals surface area contributed by atoms with E-state index in [4.69, 9.17) is 18.0 Å². The molecular weight excluding hydrogens is 267 g/mol. The van der Waals surface area contributed by atoms with Gasteiger partial charge in [0.2, 0.25) is 0 Å². The molecule has 0 spiro atoms. The summed E-state index contributed by atoms with van der Waals surface area (Å²) in [5, 5.41) is 5.29. The van der Waals surface area contributed by atoms with Crippen LogP contribution in [0, 0.1) is 12.7 Å². The van der Waals surface area contributed by atoms with Gasteiger partial charge < -0.3 is 11.1 Å². The van der Waals surface area contributed by atoms with Crippen LogP contribution in [0.15, 0.2) is 29.6 Å². The van der Waals surface area contributed by atoms with Gasteiger partial charge in [0, 0.05) is 22.7 Å². The lowest BCUT2D eigenvalue weighted by atomic mass is 10.1. The summed E-state index contributed by atoms with van der Waals surface area (Å²) in [5.41, 5.74) is 8.13. The fourth-order valence-electron chi connectivity index (χ4n) is 1.64. The first-order valence-electron chi connectivity index (χ1n) is 5.44. The van der Waals surface area contributed by atoms with Crippen LogP contribution in [0.1, 0.15) is 16.0 Å². The molecule has 0 unspecified atom stereocenters. The fraction of sp³-hybridized carbons (Fsp3) is 0.154. The van der Waals surface area contributed by atoms with Crippen molar-refractivity contribution in [1.82, 2.24) is 0 Å². The van der Waals surface area contributed by atoms with E-state index in [2.05, 4.69) is 18.3 Å². The van der Waals surface area contributed by atoms with Gasteiger partial charge in [0.05, 0.1) is 0 Å². The maximum absolute atomic E-state index is 13.1. The number of nitrogens with one attached hydrogen (secondary N) is 1. The second-order valence-electron chi connectivity index (χ2n) is 3.93. The lowest BCUT2D eigenvalue weighted by molar-refractivity contribution is 0.627. The van der Waals surface area contributed by atoms with Crippen molar-refractivity contribution < 1.29 is 4.39 Å². The molecule has 2 nitrogen and oxygen atoms in total. The minimum atomic E-state index is -0.337. The molecule has 0 radical (unpaired) electrons. The lowest BCUT2D eigenvalue weighted by Gasteiger charge is -2.11. The third kappa shape index (κ3) is 2.86. The minimum Gasteiger partial charge on any atom is -0.389 e. The van der Waals surface area contributed by atoms with Crippen molar-refractivity contribution in [3.8, 4) is 0 Å². The van der Waals surface area contributed by atoms with Crippen molar-refractivity contribution in [3.05, 3.63) is 51.5 Å². The van der Waals surface area contributed by atoms with Gasteiger partial charge in [-0.3, -0.25) is 0 Å². The van der Waals surface area contributed by atoms with Gasteiger partial charge in [-0.25, -0.2) is 4.39 Å². The van der Waals surface area contributed by atoms with Gasteiger partial charge in [-0.1, -0.05) is 12.2 Å². The zero-order valence-corrected chi connectivity index (χ0v) is 11.5. The molecule has 0 saturated carbocycles. The standard InChI is InChI=1S/C13H13FN2S2/c1-8-4-5-18-12(8)7-16-11-3-2-9(14)6-10(11)13(15)17/h2-6,16H,7H2,1H3,(H2,15,17). The Morgan fingerprint density at radius 1 is 1.44 bits per heavy atom. The Balaban J connectivity index is 2.19. The average molecular weight is 280 g/mol. The van der Waals surface area contributed by atoms with E-state index in [0.717, 1.165) is 5.69 Å². The molecule has 0 aliphatic carbocycles. The molecule has 5 heteroatoms. The lowest BCUT2D eigenvalue weighted by Crippen LogP contribution is -2.13. The van der Waals surface area contributed by atoms with Crippen molar-refractivity contribution >= 4 is 34.2 Å². The highest BCUT2D eigenvalue weighted by molar-refractivity contribution is 7.80. The molecule has 0 atom stereocenters. The Bertz CT molecular complexity index is 578. The molecule has 18 heavy (non-hydrogen) atoms. The number of nitrogens with two attached hydrogens (primary N) is 1. The zero-order valence-electron chi connectivity index (χ0n) is 9.87. The number of thiocarbonyl (C=S) groups is 1. The summed E-state index contributed by atoms with van der Waals surface area (Å²) in [6.45, 7) is 2.75. The SMILES string of the molecule is Cc1ccsc1CNc1ccc(F)cc1C(N)=S. The number of aryl methyl sites for hydroxylation is 1. The predicted molar refractivity (Wildman–Crippen MR) is 78.7 cm³/mol. The number of anilines is 1. The van der Waals surface area contributed by atoms with E-state index in [0.29, 0.717) is 12.1 Å². The summed E-state index contributed by atoms with van der Waals surface area (Å²) in [7, 11) is 0. The summed E-state index contributed by atoms with van der Waals surface area (Å²) in [4.78, 5) is 1.44. The highest BCUT2D eigenvalue weighted by Crippen LogP contribution is 2.21. The van der Waals surface area contributed by atoms with Crippen molar-refractivity contribution in [2.24, 2.45) is 5.73 Å². The highest BCUT2D eigenvalue weighted by atomic mass is 32.1. The summed E-state index contributed by atoms with van der Waals surface area (Å²) in [6.07, 6.45) is 0. The van der Waals surface area contributed by atoms with Gasteiger partial charge in [-0.05, 0) is 42.1 Å². The van der Waals surface area contributed by atoms with E-state index >= 15 is 0 Å². The molecule has 0 bridgehead atoms. The molecule has 2 aromatic rings. The zero-order chi connectivity index (χ0) is 13.1. The van der Waals surface area contributed by atoms with E-state index in [1.54, 1.807) is 17.4 Å². The first kappa shape index (κ1) is 13.0. The van der Waals surface area contributed by atoms with E-state index in [1.165, 1.54) is 22.6 Å². The van der Waals surface area contributed by atoms with Crippen molar-refractivity contribution in [1.29, 1.82) is 0 Å². The molecule has 1 aromatic carbocycles. The Morgan fingerprint density at radius 3 is 2.83 bits per heavy atom. The summed E-state index contributed by atoms with van der Waals surface area (Å²) >= 11 is 6.61. The monoisotopic (exact) mass is 280 g/mol. The smallest absolute Gasteiger partial charge is 0.124 e. The number of halogens is 1. The number of benzene rings is 1. The minimum absolute atomic E-state index is 0.194. The summed E-state index contributed by atoms with van der Waals surface area (Å²) in [6, 6.07) is 6.48. The number of thiophene rings is 1. The topological polar surface area (TPSA) is 38.0 Å². The van der Waals surface area contributed by atoms with Gasteiger partial charge in [-0.15, -0.1) is 11.3 Å². The maximum Gasteiger partial charge on any atom is 0.124 e. The van der Waals surface area contributed by atoms with E-state index in [1.807, 2.05) is 5.38 Å². The Morgan fingerprint density at radius 2 is 2.22 bits per heavy atom. The molecule has 0 fully saturated rings. The van der Waals surface area contributed by atoms with Crippen molar-refractivity contribution in [3.63, 3.8) is 0 Å². The second-order valence-corrected chi connectivity index (χ2v) is 5.37. The van der Waals surface area contributed by atoms with Crippen LogP contribution in [0.2, 0.25) is 0 Å². The first-order chi connectivity index (χ1) is 8.58. The molecule has 2 rings (SSSR count). The summed E-state index contributed by atoms with van der Waals surface area (Å²) < 4.78 is 13.1. The average Bonchev–Trinajstić information content (AvgIpc) is 2.73. The number of rotatable bonds is 4. The molecule has 0 aliphatic rings. The maximum atomic E-state index is 13.1. The van der Waals surface area contributed by atoms with Gasteiger partial charge in [0.25, 0.3) is 0 Å². The van der Waals surface area contributed by atoms with Crippen LogP contribution in [-0.2, 0) is 6.54 Å². The van der Waals surface area contributed by atoms with Crippen molar-refractivity contribution in [2.45, 2.75) is 13.5 Å². The molecule has 0 aliphatic heterocycles. The van der Waals surface area contributed by atoms with Crippen LogP contribution in [0.3, 0.4) is 0 Å². The van der Waals surface area contributed by atoms with Crippen LogP contribution >= 0.6 is 23.6 Å². The van der Waals surface area contributed by atoms with Gasteiger partial charge in [-0.2, -0.15) is 0 Å². The Hall–Kier alpha value is -1.46. The Labute approximate surface area is 115 Å². The fourth-order valence-corrected chi connectivity index (χ4v) is 2.65. The van der Waals surface area contributed by atoms with E-state index < -0.39 is 0 Å². The predicted octanol–water partition coefficient (Wildman–Crippen LogP) is 3.44. The van der Waals surface area contributed by atoms with Crippen LogP contribution in [0.25, 0.3) is 0 Å². The van der Waals surface area contributed by atoms with E-state index in [9.17, 15) is 4.39 Å². The molecule has 3 N–H and O–H groups in total. The Kier molecular flexibility index (Phi) is 3.93. The van der Waals surface area contributed by atoms with Crippen LogP contribution in [-0.4, -0.2) is 4.99 Å².